The Morgan fingerprint density at radius 1 is 1.00 bits per heavy atom. The van der Waals surface area contributed by atoms with Crippen LogP contribution in [0.25, 0.3) is 0 Å². The third-order valence-electron chi connectivity index (χ3n) is 5.45. The van der Waals surface area contributed by atoms with Gasteiger partial charge in [-0.05, 0) is 38.1 Å². The molecule has 0 saturated carbocycles. The maximum Gasteiger partial charge on any atom is 0.326 e. The summed E-state index contributed by atoms with van der Waals surface area (Å²) in [5.41, 5.74) is 17.2. The number of nitrogens with two attached hydrogens (primary N) is 3. The first-order chi connectivity index (χ1) is 17.0. The maximum absolute atomic E-state index is 13.0. The minimum absolute atomic E-state index is 0.118. The molecule has 1 heterocycles. The van der Waals surface area contributed by atoms with Crippen molar-refractivity contribution >= 4 is 29.6 Å². The van der Waals surface area contributed by atoms with Gasteiger partial charge in [0.2, 0.25) is 23.6 Å². The molecule has 4 atom stereocenters. The fraction of sp³-hybridized carbons (Fsp3) is 0.636. The molecule has 4 amide bonds. The number of rotatable bonds is 17. The number of carbonyl (C=O) groups excluding carboxylic acids is 4. The van der Waals surface area contributed by atoms with Crippen molar-refractivity contribution in [1.29, 1.82) is 0 Å². The Kier molecular flexibility index (Phi) is 13.1. The molecule has 0 aliphatic rings. The number of carbonyl (C=O) groups is 5. The molecule has 1 rings (SSSR count). The fourth-order valence-electron chi connectivity index (χ4n) is 3.36. The van der Waals surface area contributed by atoms with Crippen LogP contribution in [0.2, 0.25) is 0 Å². The number of unbranched alkanes of at least 4 members (excludes halogenated alkanes) is 1. The number of primary amides is 1. The number of imidazole rings is 1. The summed E-state index contributed by atoms with van der Waals surface area (Å²) in [6, 6.07) is -4.45. The van der Waals surface area contributed by atoms with Gasteiger partial charge in [-0.15, -0.1) is 0 Å². The van der Waals surface area contributed by atoms with Crippen molar-refractivity contribution in [3.8, 4) is 0 Å². The van der Waals surface area contributed by atoms with Crippen LogP contribution < -0.4 is 33.2 Å². The van der Waals surface area contributed by atoms with Gasteiger partial charge >= 0.3 is 5.97 Å². The zero-order chi connectivity index (χ0) is 27.3. The summed E-state index contributed by atoms with van der Waals surface area (Å²) in [7, 11) is 0. The highest BCUT2D eigenvalue weighted by molar-refractivity contribution is 5.94. The molecule has 202 valence electrons. The molecule has 14 heteroatoms. The van der Waals surface area contributed by atoms with Crippen LogP contribution in [0.15, 0.2) is 12.5 Å². The summed E-state index contributed by atoms with van der Waals surface area (Å²) in [6.45, 7) is 3.74. The predicted octanol–water partition coefficient (Wildman–Crippen LogP) is -2.13. The average Bonchev–Trinajstić information content (AvgIpc) is 3.31. The van der Waals surface area contributed by atoms with E-state index >= 15 is 0 Å². The van der Waals surface area contributed by atoms with E-state index in [1.165, 1.54) is 12.5 Å². The number of carboxylic acid groups (broad SMARTS) is 1. The average molecular weight is 511 g/mol. The summed E-state index contributed by atoms with van der Waals surface area (Å²) in [5.74, 6) is -4.36. The molecule has 11 N–H and O–H groups in total. The van der Waals surface area contributed by atoms with Gasteiger partial charge in [0.05, 0.1) is 12.4 Å². The number of aliphatic carboxylic acids is 1. The topological polar surface area (TPSA) is 248 Å². The summed E-state index contributed by atoms with van der Waals surface area (Å²) < 4.78 is 0. The van der Waals surface area contributed by atoms with Crippen molar-refractivity contribution in [3.63, 3.8) is 0 Å². The standard InChI is InChI=1S/C22H38N8O6/c1-12(2)18(21(34)29-16(22(35)36)5-3-4-8-23)30-20(33)15(6-7-17(25)31)28-19(32)14(24)9-13-10-26-11-27-13/h10-12,14-16,18H,3-9,23-24H2,1-2H3,(H2,25,31)(H,26,27)(H,28,32)(H,29,34)(H,30,33)(H,35,36). The van der Waals surface area contributed by atoms with Crippen molar-refractivity contribution < 1.29 is 29.1 Å². The smallest absolute Gasteiger partial charge is 0.326 e. The molecule has 1 aromatic heterocycles. The Morgan fingerprint density at radius 3 is 2.19 bits per heavy atom. The van der Waals surface area contributed by atoms with E-state index in [1.807, 2.05) is 0 Å². The lowest BCUT2D eigenvalue weighted by Gasteiger charge is -2.27. The van der Waals surface area contributed by atoms with Crippen LogP contribution in [0.5, 0.6) is 0 Å². The molecule has 0 bridgehead atoms. The Labute approximate surface area is 209 Å². The van der Waals surface area contributed by atoms with Crippen molar-refractivity contribution in [2.24, 2.45) is 23.1 Å². The van der Waals surface area contributed by atoms with E-state index in [9.17, 15) is 29.1 Å². The minimum atomic E-state index is -1.20. The molecule has 0 aliphatic heterocycles. The number of hydrogen-bond donors (Lipinski definition) is 8. The van der Waals surface area contributed by atoms with E-state index in [-0.39, 0.29) is 25.7 Å². The van der Waals surface area contributed by atoms with Gasteiger partial charge in [-0.2, -0.15) is 0 Å². The third-order valence-corrected chi connectivity index (χ3v) is 5.45. The predicted molar refractivity (Wildman–Crippen MR) is 130 cm³/mol. The lowest BCUT2D eigenvalue weighted by atomic mass is 10.0. The molecular formula is C22H38N8O6. The van der Waals surface area contributed by atoms with Crippen LogP contribution in [0.3, 0.4) is 0 Å². The van der Waals surface area contributed by atoms with Gasteiger partial charge in [0.25, 0.3) is 0 Å². The number of aromatic amines is 1. The minimum Gasteiger partial charge on any atom is -0.480 e. The first-order valence-electron chi connectivity index (χ1n) is 11.8. The zero-order valence-electron chi connectivity index (χ0n) is 20.7. The van der Waals surface area contributed by atoms with Crippen LogP contribution in [-0.2, 0) is 30.4 Å². The molecule has 4 unspecified atom stereocenters. The first kappa shape index (κ1) is 30.5. The number of hydrogen-bond acceptors (Lipinski definition) is 8. The molecule has 0 aliphatic carbocycles. The van der Waals surface area contributed by atoms with Crippen molar-refractivity contribution in [1.82, 2.24) is 25.9 Å². The van der Waals surface area contributed by atoms with E-state index in [1.54, 1.807) is 13.8 Å². The molecule has 0 saturated heterocycles. The Morgan fingerprint density at radius 2 is 1.67 bits per heavy atom. The summed E-state index contributed by atoms with van der Waals surface area (Å²) >= 11 is 0. The van der Waals surface area contributed by atoms with E-state index in [2.05, 4.69) is 25.9 Å². The second-order valence-electron chi connectivity index (χ2n) is 8.87. The highest BCUT2D eigenvalue weighted by Crippen LogP contribution is 2.08. The maximum atomic E-state index is 13.0. The monoisotopic (exact) mass is 510 g/mol. The lowest BCUT2D eigenvalue weighted by Crippen LogP contribution is -2.58. The molecular weight excluding hydrogens is 472 g/mol. The molecule has 0 spiro atoms. The second kappa shape index (κ2) is 15.5. The normalized spacial score (nSPS) is 14.4. The van der Waals surface area contributed by atoms with E-state index < -0.39 is 59.7 Å². The van der Waals surface area contributed by atoms with Gasteiger partial charge in [-0.1, -0.05) is 13.8 Å². The zero-order valence-corrected chi connectivity index (χ0v) is 20.7. The summed E-state index contributed by atoms with van der Waals surface area (Å²) in [4.78, 5) is 68.0. The van der Waals surface area contributed by atoms with Crippen LogP contribution >= 0.6 is 0 Å². The fourth-order valence-corrected chi connectivity index (χ4v) is 3.36. The molecule has 0 fully saturated rings. The van der Waals surface area contributed by atoms with E-state index in [4.69, 9.17) is 17.2 Å². The molecule has 0 aromatic carbocycles. The van der Waals surface area contributed by atoms with Gasteiger partial charge in [0, 0.05) is 24.7 Å². The van der Waals surface area contributed by atoms with Crippen molar-refractivity contribution in [2.45, 2.75) is 76.5 Å². The van der Waals surface area contributed by atoms with Gasteiger partial charge in [0.1, 0.15) is 18.1 Å². The number of amides is 4. The van der Waals surface area contributed by atoms with Crippen molar-refractivity contribution in [2.75, 3.05) is 6.54 Å². The van der Waals surface area contributed by atoms with Gasteiger partial charge in [0.15, 0.2) is 0 Å². The second-order valence-corrected chi connectivity index (χ2v) is 8.87. The van der Waals surface area contributed by atoms with Crippen LogP contribution in [0, 0.1) is 5.92 Å². The third kappa shape index (κ3) is 10.8. The molecule has 0 radical (unpaired) electrons. The molecule has 1 aromatic rings. The quantitative estimate of drug-likeness (QED) is 0.106. The highest BCUT2D eigenvalue weighted by Gasteiger charge is 2.32. The van der Waals surface area contributed by atoms with Crippen LogP contribution in [0.4, 0.5) is 0 Å². The number of H-pyrrole nitrogens is 1. The summed E-state index contributed by atoms with van der Waals surface area (Å²) in [5, 5.41) is 16.9. The number of nitrogens with zero attached hydrogens (tertiary/aromatic N) is 1. The SMILES string of the molecule is CC(C)C(NC(=O)C(CCC(N)=O)NC(=O)C(N)Cc1cnc[nH]1)C(=O)NC(CCCCN)C(=O)O. The number of aromatic nitrogens is 2. The van der Waals surface area contributed by atoms with Gasteiger partial charge in [-0.25, -0.2) is 9.78 Å². The Balaban J connectivity index is 2.91. The van der Waals surface area contributed by atoms with E-state index in [0.29, 0.717) is 25.1 Å². The lowest BCUT2D eigenvalue weighted by molar-refractivity contribution is -0.142. The largest absolute Gasteiger partial charge is 0.480 e. The van der Waals surface area contributed by atoms with Crippen LogP contribution in [-0.4, -0.2) is 75.4 Å². The van der Waals surface area contributed by atoms with Crippen LogP contribution in [0.1, 0.15) is 51.6 Å². The Bertz CT molecular complexity index is 876. The first-order valence-corrected chi connectivity index (χ1v) is 11.8. The Hall–Kier alpha value is -3.52. The van der Waals surface area contributed by atoms with Gasteiger partial charge < -0.3 is 43.2 Å². The highest BCUT2D eigenvalue weighted by atomic mass is 16.4. The molecule has 14 nitrogen and oxygen atoms in total. The molecule has 36 heavy (non-hydrogen) atoms. The van der Waals surface area contributed by atoms with Gasteiger partial charge in [-0.3, -0.25) is 19.2 Å². The number of carboxylic acids is 1. The van der Waals surface area contributed by atoms with Crippen molar-refractivity contribution in [3.05, 3.63) is 18.2 Å². The number of nitrogens with one attached hydrogen (secondary N) is 4. The summed E-state index contributed by atoms with van der Waals surface area (Å²) in [6.07, 6.45) is 4.06. The van der Waals surface area contributed by atoms with E-state index in [0.717, 1.165) is 0 Å².